The molecule has 0 aromatic carbocycles. The van der Waals surface area contributed by atoms with Crippen LogP contribution in [0.3, 0.4) is 0 Å². The van der Waals surface area contributed by atoms with E-state index in [4.69, 9.17) is 0 Å². The Morgan fingerprint density at radius 2 is 1.00 bits per heavy atom. The summed E-state index contributed by atoms with van der Waals surface area (Å²) in [5, 5.41) is 0. The van der Waals surface area contributed by atoms with E-state index < -0.39 is 0 Å². The van der Waals surface area contributed by atoms with Crippen LogP contribution in [0.4, 0.5) is 0 Å². The lowest BCUT2D eigenvalue weighted by Crippen LogP contribution is -1.87. The topological polar surface area (TPSA) is 0 Å². The van der Waals surface area contributed by atoms with Crippen LogP contribution in [-0.2, 0) is 0 Å². The number of hydrogen-bond donors (Lipinski definition) is 0. The standard InChI is InChI=1S/C14H24/c1-11(2)13(5)9-7-8-10-14(6)12(3)4/h7-12H,1-6H3. The molecule has 0 heterocycles. The minimum Gasteiger partial charge on any atom is -0.0708 e. The molecule has 0 bridgehead atoms. The summed E-state index contributed by atoms with van der Waals surface area (Å²) in [5.74, 6) is 1.30. The van der Waals surface area contributed by atoms with E-state index in [1.165, 1.54) is 11.1 Å². The zero-order valence-corrected chi connectivity index (χ0v) is 10.5. The van der Waals surface area contributed by atoms with Crippen LogP contribution < -0.4 is 0 Å². The SMILES string of the molecule is CC(=CC=CC=C(C)C(C)C)C(C)C. The van der Waals surface area contributed by atoms with Crippen molar-refractivity contribution in [2.45, 2.75) is 41.5 Å². The molecule has 0 saturated heterocycles. The van der Waals surface area contributed by atoms with Crippen LogP contribution >= 0.6 is 0 Å². The van der Waals surface area contributed by atoms with E-state index in [9.17, 15) is 0 Å². The Kier molecular flexibility index (Phi) is 6.27. The minimum absolute atomic E-state index is 0.648. The highest BCUT2D eigenvalue weighted by molar-refractivity contribution is 5.19. The summed E-state index contributed by atoms with van der Waals surface area (Å²) in [4.78, 5) is 0. The second-order valence-electron chi connectivity index (χ2n) is 4.52. The van der Waals surface area contributed by atoms with Crippen LogP contribution in [0.15, 0.2) is 35.5 Å². The summed E-state index contributed by atoms with van der Waals surface area (Å²) < 4.78 is 0. The molecule has 80 valence electrons. The summed E-state index contributed by atoms with van der Waals surface area (Å²) in [6.45, 7) is 13.2. The van der Waals surface area contributed by atoms with Gasteiger partial charge in [0.1, 0.15) is 0 Å². The second-order valence-corrected chi connectivity index (χ2v) is 4.52. The first-order chi connectivity index (χ1) is 6.45. The molecule has 0 spiro atoms. The van der Waals surface area contributed by atoms with Crippen LogP contribution in [0.25, 0.3) is 0 Å². The Hall–Kier alpha value is -0.780. The molecule has 0 aliphatic rings. The van der Waals surface area contributed by atoms with Gasteiger partial charge in [-0.05, 0) is 25.7 Å². The Labute approximate surface area is 89.4 Å². The van der Waals surface area contributed by atoms with Crippen molar-refractivity contribution in [1.29, 1.82) is 0 Å². The summed E-state index contributed by atoms with van der Waals surface area (Å²) >= 11 is 0. The minimum atomic E-state index is 0.648. The molecule has 0 N–H and O–H groups in total. The van der Waals surface area contributed by atoms with Gasteiger partial charge in [-0.2, -0.15) is 0 Å². The molecule has 0 amide bonds. The maximum atomic E-state index is 2.22. The van der Waals surface area contributed by atoms with Gasteiger partial charge in [0.05, 0.1) is 0 Å². The van der Waals surface area contributed by atoms with Crippen molar-refractivity contribution in [2.24, 2.45) is 11.8 Å². The van der Waals surface area contributed by atoms with Gasteiger partial charge in [-0.15, -0.1) is 0 Å². The number of hydrogen-bond acceptors (Lipinski definition) is 0. The molecule has 14 heavy (non-hydrogen) atoms. The smallest absolute Gasteiger partial charge is 0.0260 e. The summed E-state index contributed by atoms with van der Waals surface area (Å²) in [5.41, 5.74) is 2.86. The monoisotopic (exact) mass is 192 g/mol. The molecule has 0 unspecified atom stereocenters. The van der Waals surface area contributed by atoms with E-state index in [0.717, 1.165) is 0 Å². The van der Waals surface area contributed by atoms with Gasteiger partial charge in [0.15, 0.2) is 0 Å². The molecule has 0 aromatic rings. The van der Waals surface area contributed by atoms with Crippen molar-refractivity contribution in [2.75, 3.05) is 0 Å². The molecule has 0 saturated carbocycles. The Balaban J connectivity index is 4.21. The van der Waals surface area contributed by atoms with Crippen LogP contribution in [-0.4, -0.2) is 0 Å². The van der Waals surface area contributed by atoms with Crippen LogP contribution in [0.5, 0.6) is 0 Å². The van der Waals surface area contributed by atoms with Gasteiger partial charge >= 0.3 is 0 Å². The van der Waals surface area contributed by atoms with Gasteiger partial charge in [-0.25, -0.2) is 0 Å². The third-order valence-electron chi connectivity index (χ3n) is 2.65. The molecule has 0 aliphatic heterocycles. The van der Waals surface area contributed by atoms with Crippen molar-refractivity contribution in [3.63, 3.8) is 0 Å². The van der Waals surface area contributed by atoms with Crippen molar-refractivity contribution in [3.05, 3.63) is 35.5 Å². The van der Waals surface area contributed by atoms with Gasteiger partial charge < -0.3 is 0 Å². The van der Waals surface area contributed by atoms with E-state index in [0.29, 0.717) is 11.8 Å². The number of rotatable bonds is 4. The predicted molar refractivity (Wildman–Crippen MR) is 66.3 cm³/mol. The fourth-order valence-electron chi connectivity index (χ4n) is 0.800. The average Bonchev–Trinajstić information content (AvgIpc) is 2.11. The van der Waals surface area contributed by atoms with Crippen molar-refractivity contribution in [1.82, 2.24) is 0 Å². The molecule has 0 fully saturated rings. The van der Waals surface area contributed by atoms with E-state index >= 15 is 0 Å². The Bertz CT molecular complexity index is 211. The third-order valence-corrected chi connectivity index (χ3v) is 2.65. The lowest BCUT2D eigenvalue weighted by atomic mass is 10.0. The lowest BCUT2D eigenvalue weighted by Gasteiger charge is -2.02. The quantitative estimate of drug-likeness (QED) is 0.564. The van der Waals surface area contributed by atoms with E-state index in [1.54, 1.807) is 0 Å². The lowest BCUT2D eigenvalue weighted by molar-refractivity contribution is 0.768. The average molecular weight is 192 g/mol. The maximum absolute atomic E-state index is 2.22. The van der Waals surface area contributed by atoms with Gasteiger partial charge in [-0.1, -0.05) is 63.1 Å². The van der Waals surface area contributed by atoms with Crippen LogP contribution in [0.1, 0.15) is 41.5 Å². The Morgan fingerprint density at radius 3 is 1.21 bits per heavy atom. The van der Waals surface area contributed by atoms with E-state index in [2.05, 4.69) is 65.8 Å². The zero-order chi connectivity index (χ0) is 11.1. The first kappa shape index (κ1) is 13.2. The molecule has 0 nitrogen and oxygen atoms in total. The molecular formula is C14H24. The summed E-state index contributed by atoms with van der Waals surface area (Å²) in [6.07, 6.45) is 8.63. The molecule has 0 rings (SSSR count). The molecule has 0 aliphatic carbocycles. The Morgan fingerprint density at radius 1 is 0.714 bits per heavy atom. The maximum Gasteiger partial charge on any atom is -0.0260 e. The third kappa shape index (κ3) is 5.80. The number of allylic oxidation sites excluding steroid dienone is 6. The fourth-order valence-corrected chi connectivity index (χ4v) is 0.800. The van der Waals surface area contributed by atoms with Crippen LogP contribution in [0.2, 0.25) is 0 Å². The molecular weight excluding hydrogens is 168 g/mol. The molecule has 0 radical (unpaired) electrons. The summed E-state index contributed by atoms with van der Waals surface area (Å²) in [7, 11) is 0. The molecule has 0 aromatic heterocycles. The molecule has 0 heteroatoms. The van der Waals surface area contributed by atoms with Gasteiger partial charge in [-0.3, -0.25) is 0 Å². The zero-order valence-electron chi connectivity index (χ0n) is 10.5. The van der Waals surface area contributed by atoms with Gasteiger partial charge in [0.25, 0.3) is 0 Å². The highest BCUT2D eigenvalue weighted by Crippen LogP contribution is 2.09. The highest BCUT2D eigenvalue weighted by Gasteiger charge is 1.93. The first-order valence-electron chi connectivity index (χ1n) is 5.46. The van der Waals surface area contributed by atoms with Crippen molar-refractivity contribution in [3.8, 4) is 0 Å². The first-order valence-corrected chi connectivity index (χ1v) is 5.46. The van der Waals surface area contributed by atoms with E-state index in [1.807, 2.05) is 0 Å². The van der Waals surface area contributed by atoms with Gasteiger partial charge in [0.2, 0.25) is 0 Å². The van der Waals surface area contributed by atoms with Crippen molar-refractivity contribution >= 4 is 0 Å². The summed E-state index contributed by atoms with van der Waals surface area (Å²) in [6, 6.07) is 0. The highest BCUT2D eigenvalue weighted by atomic mass is 14.0. The van der Waals surface area contributed by atoms with Crippen LogP contribution in [0, 0.1) is 11.8 Å². The largest absolute Gasteiger partial charge is 0.0708 e. The molecule has 0 atom stereocenters. The van der Waals surface area contributed by atoms with E-state index in [-0.39, 0.29) is 0 Å². The second kappa shape index (κ2) is 6.64. The normalized spacial score (nSPS) is 14.9. The predicted octanol–water partition coefficient (Wildman–Crippen LogP) is 4.75. The fraction of sp³-hybridized carbons (Fsp3) is 0.571. The van der Waals surface area contributed by atoms with Gasteiger partial charge in [0, 0.05) is 0 Å². The van der Waals surface area contributed by atoms with Crippen molar-refractivity contribution < 1.29 is 0 Å².